The molecule has 0 saturated carbocycles. The van der Waals surface area contributed by atoms with Crippen molar-refractivity contribution in [1.82, 2.24) is 0 Å². The van der Waals surface area contributed by atoms with Crippen LogP contribution in [0.4, 0.5) is 5.69 Å². The minimum absolute atomic E-state index is 0.00351. The first-order valence-electron chi connectivity index (χ1n) is 6.26. The number of hydrogen-bond donors (Lipinski definition) is 2. The van der Waals surface area contributed by atoms with Crippen molar-refractivity contribution in [2.75, 3.05) is 11.4 Å². The fraction of sp³-hybridized carbons (Fsp3) is 0.429. The van der Waals surface area contributed by atoms with E-state index in [0.717, 1.165) is 5.56 Å². The summed E-state index contributed by atoms with van der Waals surface area (Å²) < 4.78 is 0. The lowest BCUT2D eigenvalue weighted by Crippen LogP contribution is -2.26. The maximum atomic E-state index is 11.9. The Morgan fingerprint density at radius 2 is 2.11 bits per heavy atom. The summed E-state index contributed by atoms with van der Waals surface area (Å²) in [5, 5.41) is 18.8. The van der Waals surface area contributed by atoms with Gasteiger partial charge >= 0.3 is 5.97 Å². The summed E-state index contributed by atoms with van der Waals surface area (Å²) in [4.78, 5) is 24.2. The first-order chi connectivity index (χ1) is 8.90. The van der Waals surface area contributed by atoms with Crippen LogP contribution in [-0.4, -0.2) is 28.6 Å². The average molecular weight is 263 g/mol. The van der Waals surface area contributed by atoms with Gasteiger partial charge in [0.1, 0.15) is 5.75 Å². The second kappa shape index (κ2) is 4.91. The van der Waals surface area contributed by atoms with Crippen LogP contribution in [0.25, 0.3) is 0 Å². The molecule has 0 aromatic heterocycles. The highest BCUT2D eigenvalue weighted by Gasteiger charge is 2.36. The third-order valence-electron chi connectivity index (χ3n) is 3.43. The number of phenols is 1. The lowest BCUT2D eigenvalue weighted by Gasteiger charge is -2.19. The van der Waals surface area contributed by atoms with Gasteiger partial charge in [0.05, 0.1) is 11.6 Å². The van der Waals surface area contributed by atoms with Crippen LogP contribution < -0.4 is 4.90 Å². The first-order valence-corrected chi connectivity index (χ1v) is 6.26. The molecule has 1 aliphatic heterocycles. The number of benzene rings is 1. The van der Waals surface area contributed by atoms with E-state index in [4.69, 9.17) is 5.11 Å². The molecule has 0 unspecified atom stereocenters. The van der Waals surface area contributed by atoms with E-state index >= 15 is 0 Å². The molecule has 1 aromatic rings. The SMILES string of the molecule is CC(C)c1ccc(O)c(N2C[C@@H](C(=O)O)CC2=O)c1. The fourth-order valence-electron chi connectivity index (χ4n) is 2.22. The van der Waals surface area contributed by atoms with E-state index in [1.54, 1.807) is 18.2 Å². The van der Waals surface area contributed by atoms with E-state index in [1.165, 1.54) is 4.90 Å². The molecule has 0 spiro atoms. The molecule has 19 heavy (non-hydrogen) atoms. The molecule has 1 atom stereocenters. The third-order valence-corrected chi connectivity index (χ3v) is 3.43. The Morgan fingerprint density at radius 1 is 1.42 bits per heavy atom. The molecule has 1 heterocycles. The normalized spacial score (nSPS) is 19.2. The Hall–Kier alpha value is -2.04. The summed E-state index contributed by atoms with van der Waals surface area (Å²) >= 11 is 0. The number of aromatic hydroxyl groups is 1. The number of amides is 1. The number of anilines is 1. The maximum absolute atomic E-state index is 11.9. The lowest BCUT2D eigenvalue weighted by molar-refractivity contribution is -0.141. The standard InChI is InChI=1S/C14H17NO4/c1-8(2)9-3-4-12(16)11(5-9)15-7-10(14(18)19)6-13(15)17/h3-5,8,10,16H,6-7H2,1-2H3,(H,18,19)/t10-/m0/s1. The van der Waals surface area contributed by atoms with Gasteiger partial charge in [-0.25, -0.2) is 0 Å². The number of phenolic OH excluding ortho intramolecular Hbond substituents is 1. The Labute approximate surface area is 111 Å². The van der Waals surface area contributed by atoms with Crippen molar-refractivity contribution in [3.05, 3.63) is 23.8 Å². The number of aliphatic carboxylic acids is 1. The van der Waals surface area contributed by atoms with Crippen molar-refractivity contribution < 1.29 is 19.8 Å². The zero-order valence-electron chi connectivity index (χ0n) is 11.0. The molecular formula is C14H17NO4. The van der Waals surface area contributed by atoms with E-state index < -0.39 is 11.9 Å². The van der Waals surface area contributed by atoms with Gasteiger partial charge in [0.25, 0.3) is 0 Å². The van der Waals surface area contributed by atoms with Gasteiger partial charge in [-0.1, -0.05) is 19.9 Å². The molecular weight excluding hydrogens is 246 g/mol. The summed E-state index contributed by atoms with van der Waals surface area (Å²) in [5.74, 6) is -1.66. The Balaban J connectivity index is 2.34. The molecule has 2 N–H and O–H groups in total. The Kier molecular flexibility index (Phi) is 3.46. The average Bonchev–Trinajstić information content (AvgIpc) is 2.72. The molecule has 102 valence electrons. The highest BCUT2D eigenvalue weighted by Crippen LogP contribution is 2.34. The number of rotatable bonds is 3. The lowest BCUT2D eigenvalue weighted by atomic mass is 10.0. The number of hydrogen-bond acceptors (Lipinski definition) is 3. The van der Waals surface area contributed by atoms with Gasteiger partial charge in [-0.05, 0) is 23.6 Å². The molecule has 1 saturated heterocycles. The highest BCUT2D eigenvalue weighted by atomic mass is 16.4. The number of carbonyl (C=O) groups excluding carboxylic acids is 1. The summed E-state index contributed by atoms with van der Waals surface area (Å²) in [5.41, 5.74) is 1.40. The summed E-state index contributed by atoms with van der Waals surface area (Å²) in [7, 11) is 0. The quantitative estimate of drug-likeness (QED) is 0.873. The van der Waals surface area contributed by atoms with Crippen molar-refractivity contribution >= 4 is 17.6 Å². The monoisotopic (exact) mass is 263 g/mol. The first kappa shape index (κ1) is 13.4. The van der Waals surface area contributed by atoms with Gasteiger partial charge in [0.2, 0.25) is 5.91 Å². The number of nitrogens with zero attached hydrogens (tertiary/aromatic N) is 1. The summed E-state index contributed by atoms with van der Waals surface area (Å²) in [6.45, 7) is 4.15. The van der Waals surface area contributed by atoms with E-state index in [2.05, 4.69) is 0 Å². The summed E-state index contributed by atoms with van der Waals surface area (Å²) in [6, 6.07) is 5.10. The largest absolute Gasteiger partial charge is 0.506 e. The van der Waals surface area contributed by atoms with Crippen LogP contribution in [0.5, 0.6) is 5.75 Å². The second-order valence-corrected chi connectivity index (χ2v) is 5.15. The smallest absolute Gasteiger partial charge is 0.308 e. The van der Waals surface area contributed by atoms with E-state index in [-0.39, 0.29) is 30.5 Å². The van der Waals surface area contributed by atoms with Crippen LogP contribution in [-0.2, 0) is 9.59 Å². The molecule has 1 aromatic carbocycles. The topological polar surface area (TPSA) is 77.8 Å². The van der Waals surface area contributed by atoms with Crippen LogP contribution in [0.3, 0.4) is 0 Å². The number of carboxylic acids is 1. The zero-order valence-corrected chi connectivity index (χ0v) is 11.0. The van der Waals surface area contributed by atoms with Gasteiger partial charge in [0.15, 0.2) is 0 Å². The van der Waals surface area contributed by atoms with Crippen LogP contribution in [0.1, 0.15) is 31.7 Å². The Morgan fingerprint density at radius 3 is 2.63 bits per heavy atom. The molecule has 1 aliphatic rings. The van der Waals surface area contributed by atoms with Gasteiger partial charge in [-0.2, -0.15) is 0 Å². The van der Waals surface area contributed by atoms with E-state index in [9.17, 15) is 14.7 Å². The summed E-state index contributed by atoms with van der Waals surface area (Å²) in [6.07, 6.45) is -0.0132. The van der Waals surface area contributed by atoms with E-state index in [1.807, 2.05) is 13.8 Å². The predicted octanol–water partition coefficient (Wildman–Crippen LogP) is 1.95. The van der Waals surface area contributed by atoms with Gasteiger partial charge in [0, 0.05) is 13.0 Å². The molecule has 1 fully saturated rings. The number of carboxylic acid groups (broad SMARTS) is 1. The maximum Gasteiger partial charge on any atom is 0.308 e. The van der Waals surface area contributed by atoms with Crippen molar-refractivity contribution in [3.63, 3.8) is 0 Å². The molecule has 0 bridgehead atoms. The highest BCUT2D eigenvalue weighted by molar-refractivity contribution is 6.00. The van der Waals surface area contributed by atoms with Gasteiger partial charge < -0.3 is 15.1 Å². The second-order valence-electron chi connectivity index (χ2n) is 5.15. The minimum Gasteiger partial charge on any atom is -0.506 e. The molecule has 5 nitrogen and oxygen atoms in total. The van der Waals surface area contributed by atoms with E-state index in [0.29, 0.717) is 5.69 Å². The fourth-order valence-corrected chi connectivity index (χ4v) is 2.22. The van der Waals surface area contributed by atoms with Crippen LogP contribution >= 0.6 is 0 Å². The predicted molar refractivity (Wildman–Crippen MR) is 70.3 cm³/mol. The van der Waals surface area contributed by atoms with Crippen LogP contribution in [0.15, 0.2) is 18.2 Å². The minimum atomic E-state index is -0.977. The van der Waals surface area contributed by atoms with Crippen molar-refractivity contribution in [2.24, 2.45) is 5.92 Å². The Bertz CT molecular complexity index is 524. The van der Waals surface area contributed by atoms with Crippen LogP contribution in [0, 0.1) is 5.92 Å². The van der Waals surface area contributed by atoms with Crippen molar-refractivity contribution in [2.45, 2.75) is 26.2 Å². The molecule has 2 rings (SSSR count). The van der Waals surface area contributed by atoms with Gasteiger partial charge in [-0.15, -0.1) is 0 Å². The van der Waals surface area contributed by atoms with Crippen molar-refractivity contribution in [3.8, 4) is 5.75 Å². The zero-order chi connectivity index (χ0) is 14.2. The molecule has 1 amide bonds. The third kappa shape index (κ3) is 2.54. The molecule has 0 aliphatic carbocycles. The van der Waals surface area contributed by atoms with Gasteiger partial charge in [-0.3, -0.25) is 9.59 Å². The van der Waals surface area contributed by atoms with Crippen molar-refractivity contribution in [1.29, 1.82) is 0 Å². The van der Waals surface area contributed by atoms with Crippen LogP contribution in [0.2, 0.25) is 0 Å². The number of carbonyl (C=O) groups is 2. The molecule has 5 heteroatoms. The molecule has 0 radical (unpaired) electrons.